The van der Waals surface area contributed by atoms with Crippen LogP contribution in [0.25, 0.3) is 16.8 Å². The van der Waals surface area contributed by atoms with Gasteiger partial charge in [-0.3, -0.25) is 0 Å². The molecule has 5 heteroatoms. The van der Waals surface area contributed by atoms with Crippen LogP contribution in [0.15, 0.2) is 18.2 Å². The van der Waals surface area contributed by atoms with Crippen LogP contribution in [0.4, 0.5) is 0 Å². The number of aliphatic hydroxyl groups is 1. The van der Waals surface area contributed by atoms with Gasteiger partial charge in [-0.15, -0.1) is 0 Å². The van der Waals surface area contributed by atoms with E-state index in [0.717, 1.165) is 52.4 Å². The van der Waals surface area contributed by atoms with Crippen LogP contribution in [-0.4, -0.2) is 33.3 Å². The first-order valence-corrected chi connectivity index (χ1v) is 10.3. The highest BCUT2D eigenvalue weighted by Gasteiger charge is 2.20. The van der Waals surface area contributed by atoms with Crippen LogP contribution in [0.3, 0.4) is 0 Å². The summed E-state index contributed by atoms with van der Waals surface area (Å²) < 4.78 is 5.56. The maximum absolute atomic E-state index is 9.33. The van der Waals surface area contributed by atoms with Crippen molar-refractivity contribution >= 4 is 5.57 Å². The van der Waals surface area contributed by atoms with Gasteiger partial charge in [0.15, 0.2) is 0 Å². The van der Waals surface area contributed by atoms with Crippen molar-refractivity contribution < 1.29 is 9.84 Å². The molecule has 0 aliphatic rings. The molecule has 0 aromatic carbocycles. The number of ether oxygens (including phenoxy) is 1. The number of pyridine rings is 1. The van der Waals surface area contributed by atoms with Gasteiger partial charge in [-0.05, 0) is 57.6 Å². The van der Waals surface area contributed by atoms with Gasteiger partial charge in [0.25, 0.3) is 0 Å². The molecule has 0 amide bonds. The molecule has 152 valence electrons. The van der Waals surface area contributed by atoms with E-state index in [1.54, 1.807) is 0 Å². The van der Waals surface area contributed by atoms with Gasteiger partial charge < -0.3 is 9.84 Å². The first kappa shape index (κ1) is 22.0. The number of hydrogen-bond donors (Lipinski definition) is 1. The molecule has 0 spiro atoms. The van der Waals surface area contributed by atoms with Crippen molar-refractivity contribution in [2.75, 3.05) is 13.2 Å². The SMILES string of the molecule is C/C=C(\c1nc(CC)c(-c2ccc(OCC)nc2CC)nc1C)[C@H](C)CCO. The van der Waals surface area contributed by atoms with Crippen molar-refractivity contribution in [1.82, 2.24) is 15.0 Å². The first-order valence-electron chi connectivity index (χ1n) is 10.3. The Morgan fingerprint density at radius 3 is 2.39 bits per heavy atom. The molecule has 2 aromatic rings. The maximum Gasteiger partial charge on any atom is 0.213 e. The van der Waals surface area contributed by atoms with E-state index in [2.05, 4.69) is 31.8 Å². The van der Waals surface area contributed by atoms with Gasteiger partial charge in [-0.25, -0.2) is 15.0 Å². The normalized spacial score (nSPS) is 12.9. The van der Waals surface area contributed by atoms with Crippen LogP contribution in [0.5, 0.6) is 5.88 Å². The lowest BCUT2D eigenvalue weighted by molar-refractivity contribution is 0.275. The van der Waals surface area contributed by atoms with Gasteiger partial charge in [0, 0.05) is 18.2 Å². The molecule has 2 heterocycles. The van der Waals surface area contributed by atoms with Crippen molar-refractivity contribution in [3.05, 3.63) is 41.0 Å². The lowest BCUT2D eigenvalue weighted by atomic mass is 9.93. The molecule has 1 atom stereocenters. The minimum Gasteiger partial charge on any atom is -0.478 e. The highest BCUT2D eigenvalue weighted by atomic mass is 16.5. The van der Waals surface area contributed by atoms with Gasteiger partial charge in [0.1, 0.15) is 0 Å². The smallest absolute Gasteiger partial charge is 0.213 e. The predicted molar refractivity (Wildman–Crippen MR) is 114 cm³/mol. The third-order valence-corrected chi connectivity index (χ3v) is 4.99. The fraction of sp³-hybridized carbons (Fsp3) is 0.522. The summed E-state index contributed by atoms with van der Waals surface area (Å²) in [5.41, 5.74) is 6.85. The summed E-state index contributed by atoms with van der Waals surface area (Å²) in [4.78, 5) is 14.6. The number of aromatic nitrogens is 3. The zero-order chi connectivity index (χ0) is 20.7. The molecule has 0 unspecified atom stereocenters. The van der Waals surface area contributed by atoms with E-state index in [-0.39, 0.29) is 12.5 Å². The molecule has 0 saturated heterocycles. The zero-order valence-corrected chi connectivity index (χ0v) is 18.0. The molecule has 0 saturated carbocycles. The molecule has 0 radical (unpaired) electrons. The summed E-state index contributed by atoms with van der Waals surface area (Å²) in [5, 5.41) is 9.33. The van der Waals surface area contributed by atoms with E-state index >= 15 is 0 Å². The fourth-order valence-corrected chi connectivity index (χ4v) is 3.49. The lowest BCUT2D eigenvalue weighted by Crippen LogP contribution is -2.10. The van der Waals surface area contributed by atoms with E-state index in [1.165, 1.54) is 0 Å². The second-order valence-corrected chi connectivity index (χ2v) is 6.89. The fourth-order valence-electron chi connectivity index (χ4n) is 3.49. The summed E-state index contributed by atoms with van der Waals surface area (Å²) in [5.74, 6) is 0.883. The van der Waals surface area contributed by atoms with Crippen LogP contribution in [0.1, 0.15) is 63.8 Å². The predicted octanol–water partition coefficient (Wildman–Crippen LogP) is 4.79. The molecular formula is C23H33N3O2. The monoisotopic (exact) mass is 383 g/mol. The largest absolute Gasteiger partial charge is 0.478 e. The molecular weight excluding hydrogens is 350 g/mol. The third kappa shape index (κ3) is 4.76. The zero-order valence-electron chi connectivity index (χ0n) is 18.0. The van der Waals surface area contributed by atoms with E-state index < -0.39 is 0 Å². The second-order valence-electron chi connectivity index (χ2n) is 6.89. The summed E-state index contributed by atoms with van der Waals surface area (Å²) in [6, 6.07) is 3.95. The van der Waals surface area contributed by atoms with Crippen molar-refractivity contribution in [2.24, 2.45) is 5.92 Å². The van der Waals surface area contributed by atoms with E-state index in [9.17, 15) is 5.11 Å². The number of aryl methyl sites for hydroxylation is 3. The average Bonchev–Trinajstić information content (AvgIpc) is 2.69. The number of nitrogens with zero attached hydrogens (tertiary/aromatic N) is 3. The molecule has 0 aliphatic carbocycles. The number of hydrogen-bond acceptors (Lipinski definition) is 5. The Hall–Kier alpha value is -2.27. The summed E-state index contributed by atoms with van der Waals surface area (Å²) in [6.07, 6.45) is 4.39. The summed E-state index contributed by atoms with van der Waals surface area (Å²) in [6.45, 7) is 13.1. The van der Waals surface area contributed by atoms with Crippen molar-refractivity contribution in [1.29, 1.82) is 0 Å². The van der Waals surface area contributed by atoms with E-state index in [1.807, 2.05) is 32.9 Å². The molecule has 2 aromatic heterocycles. The van der Waals surface area contributed by atoms with Crippen molar-refractivity contribution in [3.8, 4) is 17.1 Å². The molecule has 2 rings (SSSR count). The summed E-state index contributed by atoms with van der Waals surface area (Å²) >= 11 is 0. The second kappa shape index (κ2) is 10.3. The molecule has 28 heavy (non-hydrogen) atoms. The molecule has 1 N–H and O–H groups in total. The van der Waals surface area contributed by atoms with Crippen LogP contribution < -0.4 is 4.74 Å². The number of allylic oxidation sites excluding steroid dienone is 2. The Morgan fingerprint density at radius 1 is 1.11 bits per heavy atom. The third-order valence-electron chi connectivity index (χ3n) is 4.99. The van der Waals surface area contributed by atoms with Crippen molar-refractivity contribution in [2.45, 2.75) is 60.8 Å². The Bertz CT molecular complexity index is 831. The van der Waals surface area contributed by atoms with Crippen LogP contribution in [0, 0.1) is 12.8 Å². The lowest BCUT2D eigenvalue weighted by Gasteiger charge is -2.19. The highest BCUT2D eigenvalue weighted by Crippen LogP contribution is 2.31. The van der Waals surface area contributed by atoms with Gasteiger partial charge >= 0.3 is 0 Å². The average molecular weight is 384 g/mol. The quantitative estimate of drug-likeness (QED) is 0.674. The Kier molecular flexibility index (Phi) is 8.12. The minimum absolute atomic E-state index is 0.168. The Balaban J connectivity index is 2.58. The van der Waals surface area contributed by atoms with Gasteiger partial charge in [0.05, 0.1) is 35.1 Å². The Morgan fingerprint density at radius 2 is 1.82 bits per heavy atom. The van der Waals surface area contributed by atoms with E-state index in [4.69, 9.17) is 14.7 Å². The van der Waals surface area contributed by atoms with E-state index in [0.29, 0.717) is 18.9 Å². The Labute approximate surface area is 168 Å². The minimum atomic E-state index is 0.168. The van der Waals surface area contributed by atoms with Crippen molar-refractivity contribution in [3.63, 3.8) is 0 Å². The molecule has 0 bridgehead atoms. The van der Waals surface area contributed by atoms with Gasteiger partial charge in [-0.1, -0.05) is 26.8 Å². The number of rotatable bonds is 9. The molecule has 0 fully saturated rings. The first-order chi connectivity index (χ1) is 13.5. The van der Waals surface area contributed by atoms with Crippen LogP contribution >= 0.6 is 0 Å². The maximum atomic E-state index is 9.33. The molecule has 0 aliphatic heterocycles. The molecule has 5 nitrogen and oxygen atoms in total. The van der Waals surface area contributed by atoms with Gasteiger partial charge in [-0.2, -0.15) is 0 Å². The summed E-state index contributed by atoms with van der Waals surface area (Å²) in [7, 11) is 0. The van der Waals surface area contributed by atoms with Crippen LogP contribution in [0.2, 0.25) is 0 Å². The highest BCUT2D eigenvalue weighted by molar-refractivity contribution is 5.70. The van der Waals surface area contributed by atoms with Crippen LogP contribution in [-0.2, 0) is 12.8 Å². The standard InChI is InChI=1S/C23H33N3O2/c1-7-17(15(5)13-14-27)22-16(6)24-23(20(9-3)26-22)18-11-12-21(28-10-4)25-19(18)8-2/h7,11-12,15,27H,8-10,13-14H2,1-6H3/b17-7-/t15-/m1/s1. The number of aliphatic hydroxyl groups excluding tert-OH is 1. The topological polar surface area (TPSA) is 68.1 Å². The van der Waals surface area contributed by atoms with Gasteiger partial charge in [0.2, 0.25) is 5.88 Å².